The van der Waals surface area contributed by atoms with Crippen molar-refractivity contribution in [3.05, 3.63) is 0 Å². The summed E-state index contributed by atoms with van der Waals surface area (Å²) in [5, 5.41) is 0. The van der Waals surface area contributed by atoms with E-state index in [1.807, 2.05) is 0 Å². The highest BCUT2D eigenvalue weighted by Gasteiger charge is 2.52. The highest BCUT2D eigenvalue weighted by Crippen LogP contribution is 2.42. The van der Waals surface area contributed by atoms with Crippen LogP contribution in [-0.2, 0) is 4.74 Å². The fourth-order valence-electron chi connectivity index (χ4n) is 3.73. The number of hydrogen-bond acceptors (Lipinski definition) is 5. The molecule has 1 spiro atoms. The Morgan fingerprint density at radius 1 is 1.53 bits per heavy atom. The average Bonchev–Trinajstić information content (AvgIpc) is 2.87. The number of piperidine rings is 1. The molecule has 2 bridgehead atoms. The summed E-state index contributed by atoms with van der Waals surface area (Å²) in [6, 6.07) is 0. The van der Waals surface area contributed by atoms with E-state index < -0.39 is 0 Å². The lowest BCUT2D eigenvalue weighted by molar-refractivity contribution is 0.0532. The molecule has 2 N–H and O–H groups in total. The predicted octanol–water partition coefficient (Wildman–Crippen LogP) is -0.272. The highest BCUT2D eigenvalue weighted by molar-refractivity contribution is 5.81. The predicted molar refractivity (Wildman–Crippen MR) is 67.0 cm³/mol. The maximum absolute atomic E-state index is 6.06. The SMILES string of the molecule is COCCN1C(N)=NCC12CCN1CCC2C1. The van der Waals surface area contributed by atoms with Crippen LogP contribution in [0.5, 0.6) is 0 Å². The first kappa shape index (κ1) is 11.3. The van der Waals surface area contributed by atoms with Gasteiger partial charge in [-0.25, -0.2) is 0 Å². The zero-order valence-corrected chi connectivity index (χ0v) is 10.6. The lowest BCUT2D eigenvalue weighted by Gasteiger charge is -2.46. The minimum absolute atomic E-state index is 0.204. The van der Waals surface area contributed by atoms with Gasteiger partial charge in [-0.3, -0.25) is 4.99 Å². The maximum Gasteiger partial charge on any atom is 0.191 e. The normalized spacial score (nSPS) is 40.1. The molecule has 3 rings (SSSR count). The van der Waals surface area contributed by atoms with Gasteiger partial charge in [-0.2, -0.15) is 0 Å². The van der Waals surface area contributed by atoms with Gasteiger partial charge in [0.2, 0.25) is 0 Å². The van der Waals surface area contributed by atoms with E-state index in [4.69, 9.17) is 10.5 Å². The summed E-state index contributed by atoms with van der Waals surface area (Å²) in [5.74, 6) is 1.46. The molecular weight excluding hydrogens is 216 g/mol. The van der Waals surface area contributed by atoms with Crippen molar-refractivity contribution >= 4 is 5.96 Å². The van der Waals surface area contributed by atoms with Crippen LogP contribution < -0.4 is 5.73 Å². The van der Waals surface area contributed by atoms with Gasteiger partial charge in [-0.1, -0.05) is 0 Å². The monoisotopic (exact) mass is 238 g/mol. The number of guanidine groups is 1. The first-order valence-corrected chi connectivity index (χ1v) is 6.55. The summed E-state index contributed by atoms with van der Waals surface area (Å²) in [6.07, 6.45) is 2.50. The molecule has 3 atom stereocenters. The Kier molecular flexibility index (Phi) is 2.75. The summed E-state index contributed by atoms with van der Waals surface area (Å²) in [6.45, 7) is 6.18. The molecule has 3 aliphatic rings. The zero-order chi connectivity index (χ0) is 11.9. The van der Waals surface area contributed by atoms with Crippen molar-refractivity contribution in [2.24, 2.45) is 16.6 Å². The number of aliphatic imine (C=N–C) groups is 1. The van der Waals surface area contributed by atoms with E-state index in [1.165, 1.54) is 32.5 Å². The Morgan fingerprint density at radius 2 is 2.41 bits per heavy atom. The molecule has 0 aliphatic carbocycles. The van der Waals surface area contributed by atoms with E-state index in [0.717, 1.165) is 31.6 Å². The molecule has 3 unspecified atom stereocenters. The molecule has 3 aliphatic heterocycles. The molecule has 5 heteroatoms. The highest BCUT2D eigenvalue weighted by atomic mass is 16.5. The fraction of sp³-hybridized carbons (Fsp3) is 0.917. The van der Waals surface area contributed by atoms with E-state index in [2.05, 4.69) is 14.8 Å². The molecule has 5 nitrogen and oxygen atoms in total. The Balaban J connectivity index is 1.80. The quantitative estimate of drug-likeness (QED) is 0.735. The van der Waals surface area contributed by atoms with E-state index in [9.17, 15) is 0 Å². The van der Waals surface area contributed by atoms with Gasteiger partial charge in [0.1, 0.15) is 0 Å². The summed E-state index contributed by atoms with van der Waals surface area (Å²) in [4.78, 5) is 9.40. The smallest absolute Gasteiger partial charge is 0.191 e. The Hall–Kier alpha value is -0.810. The number of methoxy groups -OCH3 is 1. The van der Waals surface area contributed by atoms with Crippen molar-refractivity contribution in [2.75, 3.05) is 46.4 Å². The van der Waals surface area contributed by atoms with Crippen molar-refractivity contribution in [1.82, 2.24) is 9.80 Å². The van der Waals surface area contributed by atoms with E-state index >= 15 is 0 Å². The molecule has 0 amide bonds. The van der Waals surface area contributed by atoms with Gasteiger partial charge >= 0.3 is 0 Å². The summed E-state index contributed by atoms with van der Waals surface area (Å²) >= 11 is 0. The third-order valence-electron chi connectivity index (χ3n) is 4.74. The largest absolute Gasteiger partial charge is 0.383 e. The second-order valence-corrected chi connectivity index (χ2v) is 5.46. The maximum atomic E-state index is 6.06. The lowest BCUT2D eigenvalue weighted by Crippen LogP contribution is -2.60. The molecule has 0 radical (unpaired) electrons. The minimum atomic E-state index is 0.204. The second kappa shape index (κ2) is 4.14. The van der Waals surface area contributed by atoms with Crippen LogP contribution in [0.4, 0.5) is 0 Å². The van der Waals surface area contributed by atoms with Crippen LogP contribution in [0.1, 0.15) is 12.8 Å². The molecule has 0 saturated carbocycles. The molecule has 3 heterocycles. The first-order valence-electron chi connectivity index (χ1n) is 6.55. The number of nitrogens with two attached hydrogens (primary N) is 1. The van der Waals surface area contributed by atoms with Gasteiger partial charge < -0.3 is 20.3 Å². The van der Waals surface area contributed by atoms with Crippen molar-refractivity contribution in [3.63, 3.8) is 0 Å². The Morgan fingerprint density at radius 3 is 3.24 bits per heavy atom. The van der Waals surface area contributed by atoms with Gasteiger partial charge in [0.15, 0.2) is 5.96 Å². The number of rotatable bonds is 3. The Bertz CT molecular complexity index is 332. The van der Waals surface area contributed by atoms with Crippen LogP contribution in [-0.4, -0.2) is 67.7 Å². The summed E-state index contributed by atoms with van der Waals surface area (Å²) in [7, 11) is 1.74. The van der Waals surface area contributed by atoms with Crippen LogP contribution in [0.25, 0.3) is 0 Å². The van der Waals surface area contributed by atoms with E-state index in [-0.39, 0.29) is 5.54 Å². The van der Waals surface area contributed by atoms with Crippen molar-refractivity contribution < 1.29 is 4.74 Å². The number of nitrogens with zero attached hydrogens (tertiary/aromatic N) is 3. The summed E-state index contributed by atoms with van der Waals surface area (Å²) < 4.78 is 5.20. The standard InChI is InChI=1S/C12H22N4O/c1-17-7-6-16-11(13)14-9-12(16)3-5-15-4-2-10(12)8-15/h10H,2-9H2,1H3,(H2,13,14). The second-order valence-electron chi connectivity index (χ2n) is 5.46. The molecule has 0 aromatic rings. The van der Waals surface area contributed by atoms with Gasteiger partial charge in [0.05, 0.1) is 18.7 Å². The van der Waals surface area contributed by atoms with Crippen molar-refractivity contribution in [1.29, 1.82) is 0 Å². The van der Waals surface area contributed by atoms with Crippen LogP contribution in [0, 0.1) is 5.92 Å². The van der Waals surface area contributed by atoms with Crippen molar-refractivity contribution in [3.8, 4) is 0 Å². The van der Waals surface area contributed by atoms with Crippen LogP contribution in [0.3, 0.4) is 0 Å². The number of ether oxygens (including phenoxy) is 1. The first-order chi connectivity index (χ1) is 8.26. The fourth-order valence-corrected chi connectivity index (χ4v) is 3.73. The van der Waals surface area contributed by atoms with Gasteiger partial charge in [0, 0.05) is 26.7 Å². The average molecular weight is 238 g/mol. The summed E-state index contributed by atoms with van der Waals surface area (Å²) in [5.41, 5.74) is 6.27. The zero-order valence-electron chi connectivity index (χ0n) is 10.6. The molecule has 2 fully saturated rings. The number of fused-ring (bicyclic) bond motifs is 3. The molecule has 96 valence electrons. The van der Waals surface area contributed by atoms with Gasteiger partial charge in [0.25, 0.3) is 0 Å². The topological polar surface area (TPSA) is 54.1 Å². The molecule has 2 saturated heterocycles. The van der Waals surface area contributed by atoms with Crippen molar-refractivity contribution in [2.45, 2.75) is 18.4 Å². The molecular formula is C12H22N4O. The Labute approximate surface area is 103 Å². The minimum Gasteiger partial charge on any atom is -0.383 e. The van der Waals surface area contributed by atoms with Gasteiger partial charge in [-0.05, 0) is 25.3 Å². The van der Waals surface area contributed by atoms with E-state index in [0.29, 0.717) is 0 Å². The third-order valence-corrected chi connectivity index (χ3v) is 4.74. The van der Waals surface area contributed by atoms with Crippen LogP contribution in [0.2, 0.25) is 0 Å². The number of hydrogen-bond donors (Lipinski definition) is 1. The molecule has 17 heavy (non-hydrogen) atoms. The van der Waals surface area contributed by atoms with Crippen LogP contribution in [0.15, 0.2) is 4.99 Å². The van der Waals surface area contributed by atoms with E-state index in [1.54, 1.807) is 7.11 Å². The molecule has 0 aromatic heterocycles. The lowest BCUT2D eigenvalue weighted by atomic mass is 9.78. The third kappa shape index (κ3) is 1.64. The molecule has 0 aromatic carbocycles. The van der Waals surface area contributed by atoms with Crippen LogP contribution >= 0.6 is 0 Å². The van der Waals surface area contributed by atoms with Gasteiger partial charge in [-0.15, -0.1) is 0 Å².